The number of benzene rings is 2. The van der Waals surface area contributed by atoms with Gasteiger partial charge in [0.15, 0.2) is 0 Å². The molecule has 1 heterocycles. The molecule has 0 aliphatic heterocycles. The van der Waals surface area contributed by atoms with Crippen molar-refractivity contribution in [2.24, 2.45) is 0 Å². The Labute approximate surface area is 138 Å². The van der Waals surface area contributed by atoms with Gasteiger partial charge in [-0.25, -0.2) is 4.98 Å². The molecular formula is C20H22ClN. The average Bonchev–Trinajstić information content (AvgIpc) is 2.52. The molecule has 0 fully saturated rings. The third-order valence-electron chi connectivity index (χ3n) is 4.01. The number of hydrogen-bond donors (Lipinski definition) is 0. The maximum Gasteiger partial charge on any atom is 0.129 e. The molecule has 0 amide bonds. The van der Waals surface area contributed by atoms with E-state index >= 15 is 0 Å². The molecule has 1 aromatic heterocycles. The van der Waals surface area contributed by atoms with Crippen LogP contribution in [0.1, 0.15) is 37.8 Å². The number of halogens is 1. The van der Waals surface area contributed by atoms with E-state index in [4.69, 9.17) is 11.6 Å². The van der Waals surface area contributed by atoms with Crippen molar-refractivity contribution < 1.29 is 0 Å². The van der Waals surface area contributed by atoms with Crippen molar-refractivity contribution in [1.29, 1.82) is 0 Å². The number of nitrogens with zero attached hydrogens (tertiary/aromatic N) is 1. The summed E-state index contributed by atoms with van der Waals surface area (Å²) in [7, 11) is 0. The Hall–Kier alpha value is -1.86. The molecule has 0 unspecified atom stereocenters. The van der Waals surface area contributed by atoms with Crippen molar-refractivity contribution in [3.8, 4) is 0 Å². The lowest BCUT2D eigenvalue weighted by Crippen LogP contribution is -1.98. The van der Waals surface area contributed by atoms with Crippen LogP contribution >= 0.6 is 11.6 Å². The second-order valence-electron chi connectivity index (χ2n) is 5.49. The molecule has 3 aromatic rings. The van der Waals surface area contributed by atoms with Gasteiger partial charge in [0.1, 0.15) is 5.15 Å². The highest BCUT2D eigenvalue weighted by atomic mass is 35.5. The molecule has 0 saturated carbocycles. The number of aromatic nitrogens is 1. The first kappa shape index (κ1) is 16.5. The standard InChI is InChI=1S/C19H18ClN.CH4/c1-14(9-10-15-11-12-21-19(20)13-15)17-8-4-6-16-5-2-3-7-18(16)17;/h2-8,11-14H,9-10H2,1H3;1H4/t14-;/m0./s1. The van der Waals surface area contributed by atoms with E-state index in [-0.39, 0.29) is 7.43 Å². The molecule has 2 heteroatoms. The van der Waals surface area contributed by atoms with Crippen molar-refractivity contribution >= 4 is 22.4 Å². The van der Waals surface area contributed by atoms with Gasteiger partial charge in [0, 0.05) is 6.20 Å². The molecule has 0 bridgehead atoms. The van der Waals surface area contributed by atoms with Crippen LogP contribution in [0.4, 0.5) is 0 Å². The fourth-order valence-electron chi connectivity index (χ4n) is 2.82. The number of aryl methyl sites for hydroxylation is 1. The van der Waals surface area contributed by atoms with Crippen LogP contribution in [-0.4, -0.2) is 4.98 Å². The lowest BCUT2D eigenvalue weighted by atomic mass is 9.90. The van der Waals surface area contributed by atoms with Gasteiger partial charge in [0.05, 0.1) is 0 Å². The van der Waals surface area contributed by atoms with Gasteiger partial charge in [0.2, 0.25) is 0 Å². The zero-order valence-corrected chi connectivity index (χ0v) is 12.8. The molecule has 3 rings (SSSR count). The summed E-state index contributed by atoms with van der Waals surface area (Å²) in [5.74, 6) is 0.517. The summed E-state index contributed by atoms with van der Waals surface area (Å²) < 4.78 is 0. The lowest BCUT2D eigenvalue weighted by molar-refractivity contribution is 0.684. The van der Waals surface area contributed by atoms with E-state index in [1.807, 2.05) is 12.1 Å². The van der Waals surface area contributed by atoms with Gasteiger partial charge in [-0.05, 0) is 52.8 Å². The molecule has 1 nitrogen and oxygen atoms in total. The van der Waals surface area contributed by atoms with Crippen LogP contribution < -0.4 is 0 Å². The van der Waals surface area contributed by atoms with Crippen LogP contribution in [0, 0.1) is 0 Å². The van der Waals surface area contributed by atoms with E-state index in [1.165, 1.54) is 21.9 Å². The summed E-state index contributed by atoms with van der Waals surface area (Å²) in [6.45, 7) is 2.30. The molecule has 114 valence electrons. The Morgan fingerprint density at radius 1 is 1.05 bits per heavy atom. The molecule has 0 spiro atoms. The van der Waals surface area contributed by atoms with E-state index < -0.39 is 0 Å². The molecule has 0 radical (unpaired) electrons. The Morgan fingerprint density at radius 2 is 1.82 bits per heavy atom. The number of fused-ring (bicyclic) bond motifs is 1. The van der Waals surface area contributed by atoms with Crippen molar-refractivity contribution in [2.75, 3.05) is 0 Å². The van der Waals surface area contributed by atoms with Crippen LogP contribution in [0.2, 0.25) is 5.15 Å². The minimum absolute atomic E-state index is 0. The first-order valence-corrected chi connectivity index (χ1v) is 7.70. The minimum atomic E-state index is 0. The molecule has 0 N–H and O–H groups in total. The summed E-state index contributed by atoms with van der Waals surface area (Å²) in [5, 5.41) is 3.25. The van der Waals surface area contributed by atoms with Crippen molar-refractivity contribution in [2.45, 2.75) is 33.1 Å². The normalized spacial score (nSPS) is 11.9. The monoisotopic (exact) mass is 311 g/mol. The first-order chi connectivity index (χ1) is 10.2. The molecule has 2 aromatic carbocycles. The van der Waals surface area contributed by atoms with E-state index in [2.05, 4.69) is 54.4 Å². The fraction of sp³-hybridized carbons (Fsp3) is 0.250. The third kappa shape index (κ3) is 3.66. The smallest absolute Gasteiger partial charge is 0.129 e. The highest BCUT2D eigenvalue weighted by Crippen LogP contribution is 2.28. The summed E-state index contributed by atoms with van der Waals surface area (Å²) in [6.07, 6.45) is 3.90. The SMILES string of the molecule is C.C[C@@H](CCc1ccnc(Cl)c1)c1cccc2ccccc12. The zero-order valence-electron chi connectivity index (χ0n) is 12.1. The Kier molecular flexibility index (Phi) is 5.57. The lowest BCUT2D eigenvalue weighted by Gasteiger charge is -2.15. The Morgan fingerprint density at radius 3 is 2.64 bits per heavy atom. The van der Waals surface area contributed by atoms with Crippen molar-refractivity contribution in [1.82, 2.24) is 4.98 Å². The molecule has 22 heavy (non-hydrogen) atoms. The second kappa shape index (κ2) is 7.42. The summed E-state index contributed by atoms with van der Waals surface area (Å²) in [6, 6.07) is 19.2. The van der Waals surface area contributed by atoms with E-state index in [0.717, 1.165) is 12.8 Å². The quantitative estimate of drug-likeness (QED) is 0.518. The van der Waals surface area contributed by atoms with Crippen LogP contribution in [0.25, 0.3) is 10.8 Å². The second-order valence-corrected chi connectivity index (χ2v) is 5.88. The van der Waals surface area contributed by atoms with Crippen molar-refractivity contribution in [3.05, 3.63) is 77.1 Å². The van der Waals surface area contributed by atoms with Gasteiger partial charge < -0.3 is 0 Å². The van der Waals surface area contributed by atoms with Gasteiger partial charge in [-0.15, -0.1) is 0 Å². The predicted octanol–water partition coefficient (Wildman–Crippen LogP) is 6.26. The largest absolute Gasteiger partial charge is 0.245 e. The van der Waals surface area contributed by atoms with Crippen molar-refractivity contribution in [3.63, 3.8) is 0 Å². The van der Waals surface area contributed by atoms with Gasteiger partial charge in [-0.1, -0.05) is 68.4 Å². The van der Waals surface area contributed by atoms with E-state index in [9.17, 15) is 0 Å². The van der Waals surface area contributed by atoms with Crippen LogP contribution in [0.5, 0.6) is 0 Å². The summed E-state index contributed by atoms with van der Waals surface area (Å²) in [4.78, 5) is 4.03. The maximum absolute atomic E-state index is 5.94. The molecular weight excluding hydrogens is 290 g/mol. The van der Waals surface area contributed by atoms with Gasteiger partial charge in [-0.2, -0.15) is 0 Å². The molecule has 0 aliphatic rings. The highest BCUT2D eigenvalue weighted by molar-refractivity contribution is 6.29. The van der Waals surface area contributed by atoms with E-state index in [0.29, 0.717) is 11.1 Å². The highest BCUT2D eigenvalue weighted by Gasteiger charge is 2.09. The Balaban J connectivity index is 0.00000176. The predicted molar refractivity (Wildman–Crippen MR) is 96.7 cm³/mol. The molecule has 0 aliphatic carbocycles. The zero-order chi connectivity index (χ0) is 14.7. The minimum Gasteiger partial charge on any atom is -0.245 e. The topological polar surface area (TPSA) is 12.9 Å². The summed E-state index contributed by atoms with van der Waals surface area (Å²) >= 11 is 5.94. The average molecular weight is 312 g/mol. The molecule has 0 saturated heterocycles. The van der Waals surface area contributed by atoms with Crippen LogP contribution in [0.3, 0.4) is 0 Å². The van der Waals surface area contributed by atoms with Crippen LogP contribution in [0.15, 0.2) is 60.8 Å². The Bertz CT molecular complexity index is 746. The number of pyridine rings is 1. The first-order valence-electron chi connectivity index (χ1n) is 7.32. The van der Waals surface area contributed by atoms with Gasteiger partial charge in [0.25, 0.3) is 0 Å². The third-order valence-corrected chi connectivity index (χ3v) is 4.22. The molecule has 1 atom stereocenters. The van der Waals surface area contributed by atoms with Gasteiger partial charge >= 0.3 is 0 Å². The van der Waals surface area contributed by atoms with Crippen LogP contribution in [-0.2, 0) is 6.42 Å². The van der Waals surface area contributed by atoms with Gasteiger partial charge in [-0.3, -0.25) is 0 Å². The number of rotatable bonds is 4. The number of hydrogen-bond acceptors (Lipinski definition) is 1. The summed E-state index contributed by atoms with van der Waals surface area (Å²) in [5.41, 5.74) is 2.68. The fourth-order valence-corrected chi connectivity index (χ4v) is 3.01. The maximum atomic E-state index is 5.94. The van der Waals surface area contributed by atoms with E-state index in [1.54, 1.807) is 6.20 Å².